The molecular weight excluding hydrogens is 212 g/mol. The molecule has 0 aliphatic heterocycles. The molecule has 0 aliphatic carbocycles. The van der Waals surface area contributed by atoms with Crippen molar-refractivity contribution in [3.8, 4) is 0 Å². The van der Waals surface area contributed by atoms with Gasteiger partial charge in [0, 0.05) is 23.7 Å². The van der Waals surface area contributed by atoms with E-state index in [2.05, 4.69) is 9.97 Å². The SMILES string of the molecule is CCC([O])[S+]([O-])c1ccc2nc[nH]c2c1. The Kier molecular flexibility index (Phi) is 2.95. The van der Waals surface area contributed by atoms with Crippen molar-refractivity contribution >= 4 is 22.2 Å². The molecule has 79 valence electrons. The average molecular weight is 223 g/mol. The number of aromatic amines is 1. The van der Waals surface area contributed by atoms with Crippen molar-refractivity contribution in [2.45, 2.75) is 23.7 Å². The zero-order valence-corrected chi connectivity index (χ0v) is 9.08. The normalized spacial score (nSPS) is 15.4. The third kappa shape index (κ3) is 1.99. The standard InChI is InChI=1S/C10H11N2O2S/c1-2-10(13)15(14)7-3-4-8-9(5-7)12-6-11-8/h3-6,10H,2H2,1H3,(H,11,12). The summed E-state index contributed by atoms with van der Waals surface area (Å²) in [5, 5.41) is 11.3. The second-order valence-corrected chi connectivity index (χ2v) is 4.81. The van der Waals surface area contributed by atoms with Gasteiger partial charge >= 0.3 is 0 Å². The van der Waals surface area contributed by atoms with Gasteiger partial charge in [-0.15, -0.1) is 0 Å². The number of nitrogens with one attached hydrogen (secondary N) is 1. The first-order valence-corrected chi connectivity index (χ1v) is 5.93. The van der Waals surface area contributed by atoms with Gasteiger partial charge in [0.2, 0.25) is 0 Å². The lowest BCUT2D eigenvalue weighted by molar-refractivity contribution is 0.151. The van der Waals surface area contributed by atoms with Crippen LogP contribution in [0.25, 0.3) is 11.0 Å². The van der Waals surface area contributed by atoms with Crippen LogP contribution in [-0.2, 0) is 16.3 Å². The maximum Gasteiger partial charge on any atom is 0.250 e. The van der Waals surface area contributed by atoms with Gasteiger partial charge in [0.05, 0.1) is 17.4 Å². The zero-order valence-electron chi connectivity index (χ0n) is 8.27. The van der Waals surface area contributed by atoms with Crippen molar-refractivity contribution in [2.24, 2.45) is 0 Å². The molecule has 1 heterocycles. The number of imidazole rings is 1. The maximum absolute atomic E-state index is 11.7. The van der Waals surface area contributed by atoms with Crippen LogP contribution < -0.4 is 0 Å². The second-order valence-electron chi connectivity index (χ2n) is 3.22. The number of rotatable bonds is 3. The minimum Gasteiger partial charge on any atom is -0.609 e. The molecule has 0 aliphatic rings. The Morgan fingerprint density at radius 2 is 2.40 bits per heavy atom. The topological polar surface area (TPSA) is 71.6 Å². The van der Waals surface area contributed by atoms with Gasteiger partial charge in [-0.2, -0.15) is 5.11 Å². The molecule has 4 nitrogen and oxygen atoms in total. The highest BCUT2D eigenvalue weighted by molar-refractivity contribution is 7.91. The lowest BCUT2D eigenvalue weighted by Gasteiger charge is -2.12. The van der Waals surface area contributed by atoms with Crippen LogP contribution in [0.3, 0.4) is 0 Å². The van der Waals surface area contributed by atoms with Gasteiger partial charge < -0.3 is 9.54 Å². The van der Waals surface area contributed by atoms with Crippen LogP contribution >= 0.6 is 0 Å². The largest absolute Gasteiger partial charge is 0.609 e. The van der Waals surface area contributed by atoms with E-state index in [4.69, 9.17) is 0 Å². The van der Waals surface area contributed by atoms with Crippen molar-refractivity contribution in [3.05, 3.63) is 24.5 Å². The molecule has 15 heavy (non-hydrogen) atoms. The minimum atomic E-state index is -1.47. The Balaban J connectivity index is 2.35. The summed E-state index contributed by atoms with van der Waals surface area (Å²) in [6.45, 7) is 1.74. The summed E-state index contributed by atoms with van der Waals surface area (Å²) < 4.78 is 11.7. The van der Waals surface area contributed by atoms with Gasteiger partial charge in [-0.1, -0.05) is 6.92 Å². The fourth-order valence-corrected chi connectivity index (χ4v) is 2.39. The van der Waals surface area contributed by atoms with E-state index in [-0.39, 0.29) is 0 Å². The summed E-state index contributed by atoms with van der Waals surface area (Å²) >= 11 is -1.47. The number of fused-ring (bicyclic) bond motifs is 1. The predicted molar refractivity (Wildman–Crippen MR) is 57.3 cm³/mol. The van der Waals surface area contributed by atoms with Crippen molar-refractivity contribution < 1.29 is 9.66 Å². The van der Waals surface area contributed by atoms with E-state index >= 15 is 0 Å². The van der Waals surface area contributed by atoms with E-state index in [1.165, 1.54) is 0 Å². The number of H-pyrrole nitrogens is 1. The second kappa shape index (κ2) is 4.22. The maximum atomic E-state index is 11.7. The Morgan fingerprint density at radius 1 is 1.60 bits per heavy atom. The van der Waals surface area contributed by atoms with E-state index < -0.39 is 16.6 Å². The molecule has 2 unspecified atom stereocenters. The van der Waals surface area contributed by atoms with Gasteiger partial charge in [0.15, 0.2) is 4.90 Å². The van der Waals surface area contributed by atoms with E-state index in [0.717, 1.165) is 11.0 Å². The minimum absolute atomic E-state index is 0.369. The summed E-state index contributed by atoms with van der Waals surface area (Å²) in [4.78, 5) is 7.54. The number of aromatic nitrogens is 2. The van der Waals surface area contributed by atoms with E-state index in [9.17, 15) is 9.66 Å². The smallest absolute Gasteiger partial charge is 0.250 e. The Morgan fingerprint density at radius 3 is 3.13 bits per heavy atom. The molecule has 0 saturated carbocycles. The van der Waals surface area contributed by atoms with Crippen molar-refractivity contribution in [1.82, 2.24) is 9.97 Å². The fraction of sp³-hybridized carbons (Fsp3) is 0.300. The predicted octanol–water partition coefficient (Wildman–Crippen LogP) is 1.84. The lowest BCUT2D eigenvalue weighted by atomic mass is 10.3. The first-order chi connectivity index (χ1) is 7.22. The van der Waals surface area contributed by atoms with E-state index in [1.807, 2.05) is 0 Å². The monoisotopic (exact) mass is 223 g/mol. The number of nitrogens with zero attached hydrogens (tertiary/aromatic N) is 1. The third-order valence-electron chi connectivity index (χ3n) is 2.20. The van der Waals surface area contributed by atoms with Crippen LogP contribution in [0.4, 0.5) is 0 Å². The van der Waals surface area contributed by atoms with Gasteiger partial charge in [-0.3, -0.25) is 0 Å². The van der Waals surface area contributed by atoms with Crippen LogP contribution in [0.1, 0.15) is 13.3 Å². The van der Waals surface area contributed by atoms with Crippen molar-refractivity contribution in [3.63, 3.8) is 0 Å². The van der Waals surface area contributed by atoms with Gasteiger partial charge in [-0.25, -0.2) is 4.98 Å². The average Bonchev–Trinajstić information content (AvgIpc) is 2.73. The quantitative estimate of drug-likeness (QED) is 0.806. The molecule has 1 radical (unpaired) electrons. The molecule has 2 atom stereocenters. The van der Waals surface area contributed by atoms with Crippen molar-refractivity contribution in [2.75, 3.05) is 0 Å². The summed E-state index contributed by atoms with van der Waals surface area (Å²) in [6, 6.07) is 5.18. The number of hydrogen-bond donors (Lipinski definition) is 1. The van der Waals surface area contributed by atoms with Gasteiger partial charge in [0.1, 0.15) is 0 Å². The third-order valence-corrected chi connectivity index (χ3v) is 3.73. The summed E-state index contributed by atoms with van der Waals surface area (Å²) in [5.41, 5.74) is 0.573. The molecule has 0 fully saturated rings. The highest BCUT2D eigenvalue weighted by atomic mass is 32.2. The molecule has 0 amide bonds. The van der Waals surface area contributed by atoms with Crippen LogP contribution in [0, 0.1) is 0 Å². The summed E-state index contributed by atoms with van der Waals surface area (Å²) in [5.74, 6) is 0. The first kappa shape index (κ1) is 10.5. The van der Waals surface area contributed by atoms with Crippen LogP contribution in [0.5, 0.6) is 0 Å². The van der Waals surface area contributed by atoms with Crippen LogP contribution in [0.15, 0.2) is 29.4 Å². The van der Waals surface area contributed by atoms with Crippen molar-refractivity contribution in [1.29, 1.82) is 0 Å². The first-order valence-electron chi connectivity index (χ1n) is 4.72. The molecule has 2 rings (SSSR count). The molecule has 1 aromatic heterocycles. The molecular formula is C10H11N2O2S. The molecule has 0 saturated heterocycles. The highest BCUT2D eigenvalue weighted by Gasteiger charge is 2.22. The fourth-order valence-electron chi connectivity index (χ4n) is 1.34. The molecule has 2 aromatic rings. The number of benzene rings is 1. The number of hydrogen-bond acceptors (Lipinski definition) is 2. The Bertz CT molecular complexity index is 457. The Labute approximate surface area is 90.5 Å². The molecule has 1 N–H and O–H groups in total. The highest BCUT2D eigenvalue weighted by Crippen LogP contribution is 2.20. The summed E-state index contributed by atoms with van der Waals surface area (Å²) in [6.07, 6.45) is 1.94. The molecule has 5 heteroatoms. The van der Waals surface area contributed by atoms with E-state index in [1.54, 1.807) is 31.5 Å². The van der Waals surface area contributed by atoms with Crippen LogP contribution in [-0.4, -0.2) is 20.0 Å². The Hall–Kier alpha value is -1.04. The van der Waals surface area contributed by atoms with Crippen LogP contribution in [0.2, 0.25) is 0 Å². The summed E-state index contributed by atoms with van der Waals surface area (Å²) in [7, 11) is 0. The van der Waals surface area contributed by atoms with Gasteiger partial charge in [-0.05, 0) is 12.1 Å². The zero-order chi connectivity index (χ0) is 10.8. The molecule has 0 spiro atoms. The van der Waals surface area contributed by atoms with E-state index in [0.29, 0.717) is 11.3 Å². The molecule has 0 bridgehead atoms. The lowest BCUT2D eigenvalue weighted by Crippen LogP contribution is -2.18. The molecule has 1 aromatic carbocycles. The van der Waals surface area contributed by atoms with Gasteiger partial charge in [0.25, 0.3) is 5.44 Å².